The molecule has 4 rings (SSSR count). The SMILES string of the molecule is COP(=O)(OCCC#N)OC[C@H]1O[C@@H](n2cnc3c(NC(=O)c4ccccc4)ncnc32)[C@H](F)[C@@H]1O[P+](=O)O. The van der Waals surface area contributed by atoms with E-state index in [0.29, 0.717) is 5.56 Å². The number of aromatic nitrogens is 4. The number of carbonyl (C=O) groups is 1. The van der Waals surface area contributed by atoms with Crippen molar-refractivity contribution in [2.75, 3.05) is 25.6 Å². The predicted molar refractivity (Wildman–Crippen MR) is 130 cm³/mol. The van der Waals surface area contributed by atoms with E-state index in [1.54, 1.807) is 36.4 Å². The Morgan fingerprint density at radius 3 is 2.77 bits per heavy atom. The lowest BCUT2D eigenvalue weighted by molar-refractivity contribution is -0.0449. The van der Waals surface area contributed by atoms with Gasteiger partial charge in [0.2, 0.25) is 0 Å². The fraction of sp³-hybridized carbons (Fsp3) is 0.381. The van der Waals surface area contributed by atoms with E-state index in [2.05, 4.69) is 20.3 Å². The van der Waals surface area contributed by atoms with Crippen molar-refractivity contribution in [3.63, 3.8) is 0 Å². The van der Waals surface area contributed by atoms with Gasteiger partial charge in [-0.25, -0.2) is 23.9 Å². The van der Waals surface area contributed by atoms with Crippen molar-refractivity contribution < 1.29 is 46.0 Å². The molecule has 18 heteroatoms. The second-order valence-corrected chi connectivity index (χ2v) is 10.3. The molecule has 3 aromatic rings. The third-order valence-corrected chi connectivity index (χ3v) is 7.30. The molecule has 2 N–H and O–H groups in total. The van der Waals surface area contributed by atoms with Gasteiger partial charge in [0.1, 0.15) is 12.4 Å². The van der Waals surface area contributed by atoms with Crippen LogP contribution >= 0.6 is 16.1 Å². The van der Waals surface area contributed by atoms with Crippen LogP contribution in [0.4, 0.5) is 10.2 Å². The molecular weight excluding hydrogens is 561 g/mol. The molecule has 2 unspecified atom stereocenters. The van der Waals surface area contributed by atoms with Crippen molar-refractivity contribution in [3.8, 4) is 6.07 Å². The minimum absolute atomic E-state index is 0.0580. The number of halogens is 1. The minimum Gasteiger partial charge on any atom is -0.346 e. The van der Waals surface area contributed by atoms with E-state index >= 15 is 4.39 Å². The van der Waals surface area contributed by atoms with Gasteiger partial charge in [0, 0.05) is 17.2 Å². The van der Waals surface area contributed by atoms with E-state index in [4.69, 9.17) is 28.1 Å². The van der Waals surface area contributed by atoms with Gasteiger partial charge in [-0.15, -0.1) is 9.42 Å². The Kier molecular flexibility index (Phi) is 9.39. The lowest BCUT2D eigenvalue weighted by Crippen LogP contribution is -2.32. The molecule has 206 valence electrons. The highest BCUT2D eigenvalue weighted by atomic mass is 31.2. The molecule has 0 aliphatic carbocycles. The van der Waals surface area contributed by atoms with Gasteiger partial charge >= 0.3 is 16.1 Å². The molecule has 0 bridgehead atoms. The number of hydrogen-bond donors (Lipinski definition) is 2. The van der Waals surface area contributed by atoms with Crippen molar-refractivity contribution in [1.29, 1.82) is 5.26 Å². The average molecular weight is 583 g/mol. The smallest absolute Gasteiger partial charge is 0.346 e. The van der Waals surface area contributed by atoms with Gasteiger partial charge in [-0.1, -0.05) is 18.2 Å². The van der Waals surface area contributed by atoms with Crippen molar-refractivity contribution >= 4 is 39.0 Å². The highest BCUT2D eigenvalue weighted by Gasteiger charge is 2.52. The van der Waals surface area contributed by atoms with Crippen molar-refractivity contribution in [2.45, 2.75) is 31.0 Å². The maximum Gasteiger partial charge on any atom is 0.695 e. The Morgan fingerprint density at radius 1 is 1.31 bits per heavy atom. The topological polar surface area (TPSA) is 197 Å². The number of rotatable bonds is 12. The molecule has 0 spiro atoms. The second-order valence-electron chi connectivity index (χ2n) is 7.85. The van der Waals surface area contributed by atoms with Crippen LogP contribution in [0.15, 0.2) is 43.0 Å². The van der Waals surface area contributed by atoms with Gasteiger partial charge < -0.3 is 10.1 Å². The second kappa shape index (κ2) is 12.7. The zero-order valence-corrected chi connectivity index (χ0v) is 22.0. The Bertz CT molecular complexity index is 1420. The summed E-state index contributed by atoms with van der Waals surface area (Å²) in [6.07, 6.45) is -4.26. The summed E-state index contributed by atoms with van der Waals surface area (Å²) >= 11 is 0. The third-order valence-electron chi connectivity index (χ3n) is 5.46. The molecule has 1 saturated heterocycles. The van der Waals surface area contributed by atoms with E-state index in [1.807, 2.05) is 0 Å². The summed E-state index contributed by atoms with van der Waals surface area (Å²) in [6.45, 7) is -0.879. The van der Waals surface area contributed by atoms with Gasteiger partial charge in [-0.2, -0.15) is 5.26 Å². The minimum atomic E-state index is -4.15. The number of anilines is 1. The standard InChI is InChI=1S/C21H21FN6O9P2/c1-33-39(32,34-9-5-8-23)35-10-14-17(37-38(30)31)15(22)21(36-14)28-12-26-16-18(24-11-25-19(16)28)27-20(29)13-6-3-2-4-7-13/h2-4,6-7,11-12,14-15,17,21H,5,9-10H2,1H3,(H-,24,25,27,29,30,31)/p+1/t14-,15-,17-,21-,39?/m1/s1. The fourth-order valence-corrected chi connectivity index (χ4v) is 5.08. The largest absolute Gasteiger partial charge is 0.695 e. The summed E-state index contributed by atoms with van der Waals surface area (Å²) in [4.78, 5) is 34.2. The molecular formula is C21H22FN6O9P2+. The van der Waals surface area contributed by atoms with E-state index in [9.17, 15) is 18.8 Å². The number of nitrogens with zero attached hydrogens (tertiary/aromatic N) is 5. The lowest BCUT2D eigenvalue weighted by Gasteiger charge is -2.19. The van der Waals surface area contributed by atoms with E-state index in [0.717, 1.165) is 13.4 Å². The van der Waals surface area contributed by atoms with Crippen LogP contribution in [0.5, 0.6) is 0 Å². The zero-order valence-electron chi connectivity index (χ0n) is 20.2. The van der Waals surface area contributed by atoms with Crippen molar-refractivity contribution in [1.82, 2.24) is 19.5 Å². The normalized spacial score (nSPS) is 22.8. The zero-order chi connectivity index (χ0) is 28.0. The van der Waals surface area contributed by atoms with E-state index in [-0.39, 0.29) is 30.0 Å². The number of carbonyl (C=O) groups excluding carboxylic acids is 1. The first-order chi connectivity index (χ1) is 18.8. The molecule has 39 heavy (non-hydrogen) atoms. The Balaban J connectivity index is 1.56. The van der Waals surface area contributed by atoms with Crippen LogP contribution in [-0.2, 0) is 32.0 Å². The Hall–Kier alpha value is -3.25. The monoisotopic (exact) mass is 583 g/mol. The number of hydrogen-bond acceptors (Lipinski definition) is 12. The highest BCUT2D eigenvalue weighted by Crippen LogP contribution is 2.50. The quantitative estimate of drug-likeness (QED) is 0.233. The maximum absolute atomic E-state index is 15.6. The number of ether oxygens (including phenoxy) is 1. The fourth-order valence-electron chi connectivity index (χ4n) is 3.69. The molecule has 1 aromatic carbocycles. The molecule has 2 aromatic heterocycles. The number of phosphoric acid groups is 1. The number of nitrogens with one attached hydrogen (secondary N) is 1. The van der Waals surface area contributed by atoms with Crippen LogP contribution in [0.2, 0.25) is 0 Å². The summed E-state index contributed by atoms with van der Waals surface area (Å²) in [6, 6.07) is 10.2. The Morgan fingerprint density at radius 2 is 2.08 bits per heavy atom. The van der Waals surface area contributed by atoms with Gasteiger partial charge in [0.15, 0.2) is 35.5 Å². The number of benzene rings is 1. The molecule has 1 aliphatic heterocycles. The van der Waals surface area contributed by atoms with E-state index < -0.39 is 53.2 Å². The van der Waals surface area contributed by atoms with Gasteiger partial charge in [-0.3, -0.25) is 22.9 Å². The van der Waals surface area contributed by atoms with Crippen LogP contribution < -0.4 is 5.32 Å². The molecule has 1 fully saturated rings. The van der Waals surface area contributed by atoms with Crippen molar-refractivity contribution in [3.05, 3.63) is 48.5 Å². The molecule has 1 amide bonds. The van der Waals surface area contributed by atoms with Crippen LogP contribution in [0.1, 0.15) is 23.0 Å². The number of amides is 1. The first-order valence-corrected chi connectivity index (χ1v) is 13.8. The summed E-state index contributed by atoms with van der Waals surface area (Å²) < 4.78 is 66.2. The van der Waals surface area contributed by atoms with Crippen LogP contribution in [0, 0.1) is 11.3 Å². The van der Waals surface area contributed by atoms with Gasteiger partial charge in [0.25, 0.3) is 5.91 Å². The van der Waals surface area contributed by atoms with Gasteiger partial charge in [-0.05, 0) is 12.1 Å². The molecule has 6 atom stereocenters. The van der Waals surface area contributed by atoms with E-state index in [1.165, 1.54) is 10.9 Å². The van der Waals surface area contributed by atoms with Crippen LogP contribution in [-0.4, -0.2) is 69.0 Å². The number of phosphoric ester groups is 1. The first kappa shape index (κ1) is 28.8. The molecule has 0 saturated carbocycles. The Labute approximate surface area is 221 Å². The average Bonchev–Trinajstić information content (AvgIpc) is 3.49. The number of nitriles is 1. The van der Waals surface area contributed by atoms with Crippen LogP contribution in [0.25, 0.3) is 11.2 Å². The first-order valence-electron chi connectivity index (χ1n) is 11.2. The maximum atomic E-state index is 15.6. The molecule has 1 aliphatic rings. The third kappa shape index (κ3) is 6.67. The number of imidazole rings is 1. The number of fused-ring (bicyclic) bond motifs is 1. The summed E-state index contributed by atoms with van der Waals surface area (Å²) in [5.41, 5.74) is 0.576. The summed E-state index contributed by atoms with van der Waals surface area (Å²) in [5.74, 6) is -0.398. The van der Waals surface area contributed by atoms with Gasteiger partial charge in [0.05, 0.1) is 32.0 Å². The molecule has 0 radical (unpaired) electrons. The highest BCUT2D eigenvalue weighted by molar-refractivity contribution is 7.48. The summed E-state index contributed by atoms with van der Waals surface area (Å²) in [7, 11) is -6.36. The lowest BCUT2D eigenvalue weighted by atomic mass is 10.1. The number of alkyl halides is 1. The van der Waals surface area contributed by atoms with Crippen LogP contribution in [0.3, 0.4) is 0 Å². The summed E-state index contributed by atoms with van der Waals surface area (Å²) in [5, 5.41) is 11.3. The molecule has 15 nitrogen and oxygen atoms in total. The predicted octanol–water partition coefficient (Wildman–Crippen LogP) is 3.05. The molecule has 3 heterocycles. The van der Waals surface area contributed by atoms with Crippen molar-refractivity contribution in [2.24, 2.45) is 0 Å².